The minimum absolute atomic E-state index is 0.651. The number of benzene rings is 4. The largest absolute Gasteiger partial charge is 0.355 e. The summed E-state index contributed by atoms with van der Waals surface area (Å²) in [4.78, 5) is 0. The van der Waals surface area contributed by atoms with E-state index in [-0.39, 0.29) is 0 Å². The Bertz CT molecular complexity index is 1330. The zero-order valence-electron chi connectivity index (χ0n) is 24.3. The molecule has 2 nitrogen and oxygen atoms in total. The van der Waals surface area contributed by atoms with Gasteiger partial charge in [0.1, 0.15) is 0 Å². The molecule has 40 heavy (non-hydrogen) atoms. The van der Waals surface area contributed by atoms with Crippen molar-refractivity contribution >= 4 is 22.7 Å². The Morgan fingerprint density at radius 1 is 0.425 bits per heavy atom. The van der Waals surface area contributed by atoms with E-state index in [0.717, 1.165) is 0 Å². The molecule has 0 saturated heterocycles. The summed E-state index contributed by atoms with van der Waals surface area (Å²) in [6.45, 7) is 4.50. The fraction of sp³-hybridized carbons (Fsp3) is 0.368. The molecule has 0 bridgehead atoms. The summed E-state index contributed by atoms with van der Waals surface area (Å²) in [5.41, 5.74) is 13.0. The van der Waals surface area contributed by atoms with E-state index in [2.05, 4.69) is 109 Å². The Morgan fingerprint density at radius 2 is 0.800 bits per heavy atom. The van der Waals surface area contributed by atoms with Gasteiger partial charge in [-0.2, -0.15) is 0 Å². The molecule has 4 aromatic carbocycles. The Labute approximate surface area is 241 Å². The van der Waals surface area contributed by atoms with Gasteiger partial charge >= 0.3 is 0 Å². The predicted octanol–water partition coefficient (Wildman–Crippen LogP) is 11.6. The summed E-state index contributed by atoms with van der Waals surface area (Å²) in [7, 11) is 0. The van der Waals surface area contributed by atoms with Crippen LogP contribution in [0, 0.1) is 13.8 Å². The fourth-order valence-electron chi connectivity index (χ4n) is 7.26. The summed E-state index contributed by atoms with van der Waals surface area (Å²) >= 11 is 0. The first-order valence-corrected chi connectivity index (χ1v) is 15.6. The normalized spacial score (nSPS) is 16.6. The second-order valence-corrected chi connectivity index (χ2v) is 12.1. The number of hydrogen-bond acceptors (Lipinski definition) is 2. The molecule has 4 aromatic rings. The highest BCUT2D eigenvalue weighted by molar-refractivity contribution is 5.93. The van der Waals surface area contributed by atoms with E-state index < -0.39 is 0 Å². The van der Waals surface area contributed by atoms with Gasteiger partial charge in [0.15, 0.2) is 0 Å². The van der Waals surface area contributed by atoms with E-state index in [4.69, 9.17) is 0 Å². The smallest absolute Gasteiger partial charge is 0.0467 e. The number of para-hydroxylation sites is 2. The third-order valence-corrected chi connectivity index (χ3v) is 9.35. The van der Waals surface area contributed by atoms with E-state index in [9.17, 15) is 0 Å². The minimum atomic E-state index is 0.651. The summed E-state index contributed by atoms with van der Waals surface area (Å²) in [5, 5.41) is 7.86. The number of aryl methyl sites for hydroxylation is 2. The molecule has 6 rings (SSSR count). The predicted molar refractivity (Wildman–Crippen MR) is 172 cm³/mol. The van der Waals surface area contributed by atoms with Crippen molar-refractivity contribution in [3.8, 4) is 11.1 Å². The lowest BCUT2D eigenvalue weighted by molar-refractivity contribution is 0.444. The third-order valence-electron chi connectivity index (χ3n) is 9.35. The van der Waals surface area contributed by atoms with Crippen LogP contribution < -0.4 is 10.6 Å². The molecule has 0 unspecified atom stereocenters. The van der Waals surface area contributed by atoms with E-state index in [1.807, 2.05) is 0 Å². The first kappa shape index (κ1) is 26.7. The Balaban J connectivity index is 1.39. The SMILES string of the molecule is Cc1cccc(Nc2ccccc2C2CCCCC2)c1-c1c(C)cccc1Nc1ccccc1C1CCCCC1. The summed E-state index contributed by atoms with van der Waals surface area (Å²) < 4.78 is 0. The van der Waals surface area contributed by atoms with Crippen LogP contribution in [0.4, 0.5) is 22.7 Å². The van der Waals surface area contributed by atoms with Crippen LogP contribution in [0.2, 0.25) is 0 Å². The van der Waals surface area contributed by atoms with Crippen LogP contribution in [0.3, 0.4) is 0 Å². The molecule has 0 spiro atoms. The molecule has 0 atom stereocenters. The van der Waals surface area contributed by atoms with Gasteiger partial charge in [-0.3, -0.25) is 0 Å². The molecular weight excluding hydrogens is 484 g/mol. The van der Waals surface area contributed by atoms with Crippen LogP contribution in [0.1, 0.15) is 98.3 Å². The van der Waals surface area contributed by atoms with Crippen molar-refractivity contribution in [1.82, 2.24) is 0 Å². The lowest BCUT2D eigenvalue weighted by atomic mass is 9.83. The van der Waals surface area contributed by atoms with Crippen molar-refractivity contribution < 1.29 is 0 Å². The summed E-state index contributed by atoms with van der Waals surface area (Å²) in [6.07, 6.45) is 13.3. The minimum Gasteiger partial charge on any atom is -0.355 e. The lowest BCUT2D eigenvalue weighted by Gasteiger charge is -2.27. The van der Waals surface area contributed by atoms with Gasteiger partial charge in [-0.1, -0.05) is 99.2 Å². The molecule has 2 aliphatic rings. The van der Waals surface area contributed by atoms with Crippen molar-refractivity contribution in [1.29, 1.82) is 0 Å². The zero-order chi connectivity index (χ0) is 27.3. The van der Waals surface area contributed by atoms with Gasteiger partial charge in [-0.05, 0) is 97.9 Å². The van der Waals surface area contributed by atoms with E-state index in [1.54, 1.807) is 0 Å². The maximum Gasteiger partial charge on any atom is 0.0467 e. The Hall–Kier alpha value is -3.52. The Kier molecular flexibility index (Phi) is 8.23. The van der Waals surface area contributed by atoms with Gasteiger partial charge in [-0.25, -0.2) is 0 Å². The summed E-state index contributed by atoms with van der Waals surface area (Å²) in [5.74, 6) is 1.30. The molecule has 2 saturated carbocycles. The van der Waals surface area contributed by atoms with Crippen molar-refractivity contribution in [2.75, 3.05) is 10.6 Å². The van der Waals surface area contributed by atoms with Gasteiger partial charge in [0, 0.05) is 33.9 Å². The molecule has 0 heterocycles. The highest BCUT2D eigenvalue weighted by atomic mass is 14.9. The highest BCUT2D eigenvalue weighted by Gasteiger charge is 2.22. The van der Waals surface area contributed by atoms with Crippen LogP contribution >= 0.6 is 0 Å². The average molecular weight is 529 g/mol. The number of anilines is 4. The molecule has 0 amide bonds. The van der Waals surface area contributed by atoms with E-state index >= 15 is 0 Å². The first-order chi connectivity index (χ1) is 19.7. The third kappa shape index (κ3) is 5.68. The monoisotopic (exact) mass is 528 g/mol. The van der Waals surface area contributed by atoms with Crippen LogP contribution in [0.25, 0.3) is 11.1 Å². The summed E-state index contributed by atoms with van der Waals surface area (Å²) in [6, 6.07) is 31.4. The lowest BCUT2D eigenvalue weighted by Crippen LogP contribution is -2.08. The van der Waals surface area contributed by atoms with Gasteiger partial charge in [0.05, 0.1) is 0 Å². The first-order valence-electron chi connectivity index (χ1n) is 15.6. The molecule has 2 heteroatoms. The topological polar surface area (TPSA) is 24.1 Å². The maximum absolute atomic E-state index is 3.93. The van der Waals surface area contributed by atoms with Crippen molar-refractivity contribution in [2.24, 2.45) is 0 Å². The molecule has 2 aliphatic carbocycles. The standard InChI is InChI=1S/C38H44N2/c1-27-15-13-25-35(39-33-23-11-9-21-31(33)29-17-5-3-6-18-29)37(27)38-28(2)16-14-26-36(38)40-34-24-12-10-22-32(34)30-19-7-4-8-20-30/h9-16,21-26,29-30,39-40H,3-8,17-20H2,1-2H3. The van der Waals surface area contributed by atoms with Crippen molar-refractivity contribution in [3.63, 3.8) is 0 Å². The maximum atomic E-state index is 3.93. The van der Waals surface area contributed by atoms with E-state index in [1.165, 1.54) is 120 Å². The zero-order valence-corrected chi connectivity index (χ0v) is 24.3. The van der Waals surface area contributed by atoms with Gasteiger partial charge in [0.2, 0.25) is 0 Å². The number of nitrogens with one attached hydrogen (secondary N) is 2. The van der Waals surface area contributed by atoms with Crippen molar-refractivity contribution in [3.05, 3.63) is 107 Å². The molecule has 2 fully saturated rings. The molecule has 2 N–H and O–H groups in total. The molecule has 0 aliphatic heterocycles. The fourth-order valence-corrected chi connectivity index (χ4v) is 7.26. The quantitative estimate of drug-likeness (QED) is 0.249. The second-order valence-electron chi connectivity index (χ2n) is 12.1. The van der Waals surface area contributed by atoms with Crippen LogP contribution in [0.15, 0.2) is 84.9 Å². The van der Waals surface area contributed by atoms with Crippen LogP contribution in [0.5, 0.6) is 0 Å². The molecule has 0 radical (unpaired) electrons. The number of rotatable bonds is 7. The molecule has 206 valence electrons. The van der Waals surface area contributed by atoms with Gasteiger partial charge < -0.3 is 10.6 Å². The molecular formula is C38H44N2. The molecule has 0 aromatic heterocycles. The van der Waals surface area contributed by atoms with E-state index in [0.29, 0.717) is 11.8 Å². The van der Waals surface area contributed by atoms with Gasteiger partial charge in [0.25, 0.3) is 0 Å². The highest BCUT2D eigenvalue weighted by Crippen LogP contribution is 2.44. The second kappa shape index (κ2) is 12.3. The van der Waals surface area contributed by atoms with Crippen LogP contribution in [-0.2, 0) is 0 Å². The Morgan fingerprint density at radius 3 is 1.23 bits per heavy atom. The van der Waals surface area contributed by atoms with Crippen molar-refractivity contribution in [2.45, 2.75) is 89.9 Å². The number of hydrogen-bond donors (Lipinski definition) is 2. The van der Waals surface area contributed by atoms with Crippen LogP contribution in [-0.4, -0.2) is 0 Å². The average Bonchev–Trinajstić information content (AvgIpc) is 3.00. The van der Waals surface area contributed by atoms with Gasteiger partial charge in [-0.15, -0.1) is 0 Å².